The number of hydrogen-bond acceptors (Lipinski definition) is 3. The van der Waals surface area contributed by atoms with Crippen LogP contribution in [0.25, 0.3) is 4.91 Å². The van der Waals surface area contributed by atoms with E-state index in [1.165, 1.54) is 11.8 Å². The highest BCUT2D eigenvalue weighted by molar-refractivity contribution is 8.11. The average Bonchev–Trinajstić information content (AvgIpc) is 3.09. The number of nitrogens with two attached hydrogens (primary N) is 1. The minimum atomic E-state index is -2.63. The Morgan fingerprint density at radius 1 is 1.36 bits per heavy atom. The number of carbonyl (C=O) groups excluding carboxylic acids is 1. The summed E-state index contributed by atoms with van der Waals surface area (Å²) in [6.45, 7) is 10.3. The van der Waals surface area contributed by atoms with Crippen LogP contribution in [0.2, 0.25) is 0 Å². The van der Waals surface area contributed by atoms with Crippen molar-refractivity contribution in [2.45, 2.75) is 45.6 Å². The van der Waals surface area contributed by atoms with Crippen LogP contribution in [0, 0.1) is 18.8 Å². The van der Waals surface area contributed by atoms with Gasteiger partial charge in [0, 0.05) is 42.5 Å². The lowest BCUT2D eigenvalue weighted by atomic mass is 9.94. The van der Waals surface area contributed by atoms with Crippen LogP contribution in [0.15, 0.2) is 41.3 Å². The minimum absolute atomic E-state index is 0.113. The summed E-state index contributed by atoms with van der Waals surface area (Å²) in [7, 11) is 0. The minimum Gasteiger partial charge on any atom is -0.334 e. The van der Waals surface area contributed by atoms with Crippen molar-refractivity contribution in [3.8, 4) is 0 Å². The topological polar surface area (TPSA) is 46.3 Å². The maximum Gasteiger partial charge on any atom is 0.250 e. The molecule has 2 aliphatic rings. The van der Waals surface area contributed by atoms with Crippen LogP contribution in [0.5, 0.6) is 0 Å². The molecule has 1 heterocycles. The number of likely N-dealkylation sites (tertiary alicyclic amines) is 1. The number of hydrogen-bond donors (Lipinski definition) is 1. The monoisotopic (exact) mass is 406 g/mol. The zero-order valence-electron chi connectivity index (χ0n) is 16.7. The number of carbonyl (C=O) groups is 1. The number of benzene rings is 1. The number of halogens is 2. The number of fused-ring (bicyclic) bond motifs is 1. The van der Waals surface area contributed by atoms with E-state index in [4.69, 9.17) is 5.73 Å². The summed E-state index contributed by atoms with van der Waals surface area (Å²) in [6.07, 6.45) is -0.316. The standard InChI is InChI=1S/C22H28F2N2OS/c1-13(2)28-20(16-7-5-6-14(3)8-16)15(4)21(27)26-12-17-9-22(23,24)10-18(17)19(26)11-25/h5-8,17-19H,1,9-12,25H2,2-4H3/b20-15+/t17-,18-,19?/m0/s1. The quantitative estimate of drug-likeness (QED) is 0.713. The van der Waals surface area contributed by atoms with Crippen LogP contribution in [0.1, 0.15) is 37.8 Å². The zero-order chi connectivity index (χ0) is 20.6. The third-order valence-electron chi connectivity index (χ3n) is 5.75. The second kappa shape index (κ2) is 7.99. The molecule has 1 aromatic carbocycles. The molecule has 0 radical (unpaired) electrons. The van der Waals surface area contributed by atoms with Gasteiger partial charge in [-0.25, -0.2) is 8.78 Å². The van der Waals surface area contributed by atoms with Crippen molar-refractivity contribution >= 4 is 22.6 Å². The van der Waals surface area contributed by atoms with Gasteiger partial charge in [-0.2, -0.15) is 0 Å². The Bertz CT molecular complexity index is 821. The highest BCUT2D eigenvalue weighted by atomic mass is 32.2. The van der Waals surface area contributed by atoms with Gasteiger partial charge in [-0.15, -0.1) is 0 Å². The lowest BCUT2D eigenvalue weighted by Gasteiger charge is -2.28. The maximum absolute atomic E-state index is 13.8. The van der Waals surface area contributed by atoms with Gasteiger partial charge in [0.15, 0.2) is 0 Å². The molecule has 2 fully saturated rings. The molecule has 0 aromatic heterocycles. The van der Waals surface area contributed by atoms with Crippen molar-refractivity contribution in [1.29, 1.82) is 0 Å². The lowest BCUT2D eigenvalue weighted by Crippen LogP contribution is -2.44. The second-order valence-electron chi connectivity index (χ2n) is 8.08. The van der Waals surface area contributed by atoms with E-state index < -0.39 is 5.92 Å². The molecule has 1 aliphatic heterocycles. The van der Waals surface area contributed by atoms with Gasteiger partial charge >= 0.3 is 0 Å². The van der Waals surface area contributed by atoms with E-state index in [1.54, 1.807) is 4.90 Å². The third-order valence-corrected chi connectivity index (χ3v) is 6.84. The van der Waals surface area contributed by atoms with Gasteiger partial charge in [0.05, 0.1) is 0 Å². The van der Waals surface area contributed by atoms with Gasteiger partial charge in [-0.1, -0.05) is 48.2 Å². The van der Waals surface area contributed by atoms with Gasteiger partial charge in [0.2, 0.25) is 5.92 Å². The molecule has 28 heavy (non-hydrogen) atoms. The average molecular weight is 407 g/mol. The van der Waals surface area contributed by atoms with E-state index in [-0.39, 0.29) is 43.2 Å². The molecule has 152 valence electrons. The number of nitrogens with zero attached hydrogens (tertiary/aromatic N) is 1. The first kappa shape index (κ1) is 21.1. The zero-order valence-corrected chi connectivity index (χ0v) is 17.5. The predicted molar refractivity (Wildman–Crippen MR) is 112 cm³/mol. The molecule has 0 spiro atoms. The van der Waals surface area contributed by atoms with Gasteiger partial charge in [0.1, 0.15) is 0 Å². The first-order valence-corrected chi connectivity index (χ1v) is 10.4. The van der Waals surface area contributed by atoms with Crippen molar-refractivity contribution in [3.05, 3.63) is 52.4 Å². The first-order valence-electron chi connectivity index (χ1n) is 9.63. The molecule has 1 saturated heterocycles. The van der Waals surface area contributed by atoms with Crippen molar-refractivity contribution in [2.24, 2.45) is 17.6 Å². The maximum atomic E-state index is 13.8. The van der Waals surface area contributed by atoms with Gasteiger partial charge in [0.25, 0.3) is 5.91 Å². The van der Waals surface area contributed by atoms with Gasteiger partial charge in [-0.3, -0.25) is 4.79 Å². The largest absolute Gasteiger partial charge is 0.334 e. The fourth-order valence-corrected chi connectivity index (χ4v) is 5.39. The summed E-state index contributed by atoms with van der Waals surface area (Å²) in [5, 5.41) is 0. The Morgan fingerprint density at radius 3 is 2.68 bits per heavy atom. The Balaban J connectivity index is 1.93. The molecule has 1 amide bonds. The van der Waals surface area contributed by atoms with Gasteiger partial charge < -0.3 is 10.6 Å². The summed E-state index contributed by atoms with van der Waals surface area (Å²) in [4.78, 5) is 16.8. The fraction of sp³-hybridized carbons (Fsp3) is 0.500. The van der Waals surface area contributed by atoms with Crippen LogP contribution in [0.3, 0.4) is 0 Å². The van der Waals surface area contributed by atoms with E-state index in [2.05, 4.69) is 6.58 Å². The first-order chi connectivity index (χ1) is 13.1. The number of aryl methyl sites for hydroxylation is 1. The smallest absolute Gasteiger partial charge is 0.250 e. The highest BCUT2D eigenvalue weighted by Gasteiger charge is 2.55. The summed E-state index contributed by atoms with van der Waals surface area (Å²) in [5.41, 5.74) is 8.61. The van der Waals surface area contributed by atoms with E-state index >= 15 is 0 Å². The number of amides is 1. The predicted octanol–water partition coefficient (Wildman–Crippen LogP) is 4.82. The molecule has 3 rings (SSSR count). The van der Waals surface area contributed by atoms with Crippen molar-refractivity contribution in [1.82, 2.24) is 4.90 Å². The van der Waals surface area contributed by atoms with Crippen molar-refractivity contribution in [3.63, 3.8) is 0 Å². The molecule has 3 atom stereocenters. The van der Waals surface area contributed by atoms with Crippen molar-refractivity contribution < 1.29 is 13.6 Å². The Morgan fingerprint density at radius 2 is 2.07 bits per heavy atom. The van der Waals surface area contributed by atoms with Crippen LogP contribution in [0.4, 0.5) is 8.78 Å². The molecule has 2 N–H and O–H groups in total. The lowest BCUT2D eigenvalue weighted by molar-refractivity contribution is -0.128. The normalized spacial score (nSPS) is 26.8. The molecular weight excluding hydrogens is 378 g/mol. The van der Waals surface area contributed by atoms with E-state index in [0.717, 1.165) is 20.9 Å². The third kappa shape index (κ3) is 4.18. The second-order valence-corrected chi connectivity index (χ2v) is 9.39. The number of rotatable bonds is 5. The van der Waals surface area contributed by atoms with E-state index in [0.29, 0.717) is 12.1 Å². The fourth-order valence-electron chi connectivity index (χ4n) is 4.56. The Kier molecular flexibility index (Phi) is 6.01. The molecular formula is C22H28F2N2OS. The molecule has 1 aliphatic carbocycles. The molecule has 1 saturated carbocycles. The SMILES string of the molecule is C=C(C)S/C(=C(\C)C(=O)N1C[C@@H]2CC(F)(F)C[C@@H]2C1CN)c1cccc(C)c1. The summed E-state index contributed by atoms with van der Waals surface area (Å²) >= 11 is 1.47. The number of allylic oxidation sites excluding steroid dienone is 1. The molecule has 3 nitrogen and oxygen atoms in total. The van der Waals surface area contributed by atoms with Gasteiger partial charge in [-0.05, 0) is 43.1 Å². The highest BCUT2D eigenvalue weighted by Crippen LogP contribution is 2.50. The molecule has 6 heteroatoms. The van der Waals surface area contributed by atoms with Crippen LogP contribution in [-0.4, -0.2) is 35.9 Å². The summed E-state index contributed by atoms with van der Waals surface area (Å²) < 4.78 is 27.7. The Labute approximate surface area is 170 Å². The summed E-state index contributed by atoms with van der Waals surface area (Å²) in [5.74, 6) is -3.13. The number of alkyl halides is 2. The molecule has 1 aromatic rings. The van der Waals surface area contributed by atoms with Crippen LogP contribution < -0.4 is 5.73 Å². The molecule has 1 unspecified atom stereocenters. The van der Waals surface area contributed by atoms with E-state index in [1.807, 2.05) is 45.0 Å². The van der Waals surface area contributed by atoms with Crippen molar-refractivity contribution in [2.75, 3.05) is 13.1 Å². The van der Waals surface area contributed by atoms with Crippen LogP contribution in [-0.2, 0) is 4.79 Å². The summed E-state index contributed by atoms with van der Waals surface area (Å²) in [6, 6.07) is 7.67. The Hall–Kier alpha value is -1.66. The van der Waals surface area contributed by atoms with Crippen LogP contribution >= 0.6 is 11.8 Å². The molecule has 0 bridgehead atoms. The van der Waals surface area contributed by atoms with E-state index in [9.17, 15) is 13.6 Å². The number of thioether (sulfide) groups is 1.